The van der Waals surface area contributed by atoms with E-state index in [0.717, 1.165) is 15.7 Å². The zero-order valence-corrected chi connectivity index (χ0v) is 12.5. The summed E-state index contributed by atoms with van der Waals surface area (Å²) >= 11 is 8.48. The molecule has 0 spiro atoms. The highest BCUT2D eigenvalue weighted by atomic mass is 79.9. The second kappa shape index (κ2) is 6.71. The van der Waals surface area contributed by atoms with Crippen molar-refractivity contribution in [2.24, 2.45) is 5.10 Å². The Morgan fingerprint density at radius 3 is 2.41 bits per heavy atom. The maximum atomic E-state index is 5.08. The van der Waals surface area contributed by atoms with Crippen molar-refractivity contribution in [3.8, 4) is 0 Å². The van der Waals surface area contributed by atoms with Crippen molar-refractivity contribution >= 4 is 39.0 Å². The molecule has 0 aliphatic heterocycles. The van der Waals surface area contributed by atoms with Gasteiger partial charge in [0.2, 0.25) is 0 Å². The van der Waals surface area contributed by atoms with Gasteiger partial charge in [-0.05, 0) is 50.7 Å². The van der Waals surface area contributed by atoms with E-state index in [1.807, 2.05) is 45.0 Å². The van der Waals surface area contributed by atoms with Gasteiger partial charge in [-0.2, -0.15) is 5.10 Å². The van der Waals surface area contributed by atoms with E-state index in [2.05, 4.69) is 31.8 Å². The molecule has 17 heavy (non-hydrogen) atoms. The van der Waals surface area contributed by atoms with Gasteiger partial charge in [-0.1, -0.05) is 28.1 Å². The number of thiocarbonyl (C=S) groups is 1. The molecule has 0 saturated heterocycles. The number of hydrogen-bond donors (Lipinski definition) is 2. The highest BCUT2D eigenvalue weighted by molar-refractivity contribution is 9.10. The Kier molecular flexibility index (Phi) is 5.58. The van der Waals surface area contributed by atoms with Gasteiger partial charge in [-0.15, -0.1) is 0 Å². The predicted molar refractivity (Wildman–Crippen MR) is 80.4 cm³/mol. The van der Waals surface area contributed by atoms with Crippen LogP contribution in [0.25, 0.3) is 0 Å². The number of nitrogens with one attached hydrogen (secondary N) is 2. The van der Waals surface area contributed by atoms with Gasteiger partial charge < -0.3 is 5.32 Å². The van der Waals surface area contributed by atoms with E-state index in [-0.39, 0.29) is 0 Å². The minimum absolute atomic E-state index is 0.304. The monoisotopic (exact) mass is 313 g/mol. The molecule has 0 aliphatic carbocycles. The Bertz CT molecular complexity index is 412. The summed E-state index contributed by atoms with van der Waals surface area (Å²) in [6.07, 6.45) is 0. The Hall–Kier alpha value is -0.940. The largest absolute Gasteiger partial charge is 0.359 e. The lowest BCUT2D eigenvalue weighted by Crippen LogP contribution is -2.37. The molecule has 2 N–H and O–H groups in total. The Morgan fingerprint density at radius 2 is 1.88 bits per heavy atom. The molecule has 1 aromatic carbocycles. The molecule has 0 atom stereocenters. The molecule has 0 radical (unpaired) electrons. The first-order valence-corrected chi connectivity index (χ1v) is 6.56. The fourth-order valence-electron chi connectivity index (χ4n) is 1.18. The van der Waals surface area contributed by atoms with Crippen LogP contribution in [-0.2, 0) is 0 Å². The maximum Gasteiger partial charge on any atom is 0.187 e. The fourth-order valence-corrected chi connectivity index (χ4v) is 1.73. The number of halogens is 1. The number of rotatable bonds is 3. The molecule has 0 unspecified atom stereocenters. The molecule has 1 aromatic rings. The molecule has 0 amide bonds. The highest BCUT2D eigenvalue weighted by Crippen LogP contribution is 2.10. The van der Waals surface area contributed by atoms with Gasteiger partial charge in [-0.3, -0.25) is 5.43 Å². The Labute approximate surface area is 116 Å². The van der Waals surface area contributed by atoms with E-state index < -0.39 is 0 Å². The van der Waals surface area contributed by atoms with E-state index >= 15 is 0 Å². The third kappa shape index (κ3) is 5.28. The summed E-state index contributed by atoms with van der Waals surface area (Å²) in [6.45, 7) is 5.99. The highest BCUT2D eigenvalue weighted by Gasteiger charge is 1.99. The summed E-state index contributed by atoms with van der Waals surface area (Å²) in [5.74, 6) is 0. The van der Waals surface area contributed by atoms with Crippen LogP contribution in [0.3, 0.4) is 0 Å². The van der Waals surface area contributed by atoms with Crippen LogP contribution >= 0.6 is 28.1 Å². The first-order valence-electron chi connectivity index (χ1n) is 5.36. The minimum Gasteiger partial charge on any atom is -0.359 e. The maximum absolute atomic E-state index is 5.08. The summed E-state index contributed by atoms with van der Waals surface area (Å²) in [7, 11) is 0. The van der Waals surface area contributed by atoms with Crippen LogP contribution in [-0.4, -0.2) is 16.9 Å². The molecular formula is C12H16BrN3S. The van der Waals surface area contributed by atoms with Gasteiger partial charge in [-0.25, -0.2) is 0 Å². The lowest BCUT2D eigenvalue weighted by Gasteiger charge is -2.10. The van der Waals surface area contributed by atoms with Crippen LogP contribution in [0.5, 0.6) is 0 Å². The van der Waals surface area contributed by atoms with Crippen molar-refractivity contribution in [1.82, 2.24) is 10.7 Å². The summed E-state index contributed by atoms with van der Waals surface area (Å²) in [5.41, 5.74) is 4.78. The normalized spacial score (nSPS) is 11.5. The second-order valence-electron chi connectivity index (χ2n) is 3.94. The third-order valence-corrected chi connectivity index (χ3v) is 2.74. The van der Waals surface area contributed by atoms with E-state index in [1.165, 1.54) is 0 Å². The lowest BCUT2D eigenvalue weighted by atomic mass is 10.1. The Morgan fingerprint density at radius 1 is 1.29 bits per heavy atom. The molecule has 0 saturated carbocycles. The molecular weight excluding hydrogens is 298 g/mol. The SMILES string of the molecule is C/C(=N/NC(=S)NC(C)C)c1ccc(Br)cc1. The van der Waals surface area contributed by atoms with Gasteiger partial charge in [0.25, 0.3) is 0 Å². The van der Waals surface area contributed by atoms with Gasteiger partial charge in [0.05, 0.1) is 5.71 Å². The van der Waals surface area contributed by atoms with Crippen LogP contribution in [0.2, 0.25) is 0 Å². The molecule has 0 fully saturated rings. The number of hydrogen-bond acceptors (Lipinski definition) is 2. The van der Waals surface area contributed by atoms with Crippen molar-refractivity contribution in [2.75, 3.05) is 0 Å². The Balaban J connectivity index is 2.60. The van der Waals surface area contributed by atoms with E-state index in [4.69, 9.17) is 12.2 Å². The van der Waals surface area contributed by atoms with Crippen LogP contribution < -0.4 is 10.7 Å². The molecule has 0 aromatic heterocycles. The fraction of sp³-hybridized carbons (Fsp3) is 0.333. The van der Waals surface area contributed by atoms with E-state index in [9.17, 15) is 0 Å². The number of benzene rings is 1. The molecule has 92 valence electrons. The van der Waals surface area contributed by atoms with E-state index in [0.29, 0.717) is 11.2 Å². The standard InChI is InChI=1S/C12H16BrN3S/c1-8(2)14-12(17)16-15-9(3)10-4-6-11(13)7-5-10/h4-8H,1-3H3,(H2,14,16,17)/b15-9-. The summed E-state index contributed by atoms with van der Waals surface area (Å²) in [5, 5.41) is 7.83. The van der Waals surface area contributed by atoms with Crippen molar-refractivity contribution in [2.45, 2.75) is 26.8 Å². The average molecular weight is 314 g/mol. The minimum atomic E-state index is 0.304. The van der Waals surface area contributed by atoms with Crippen LogP contribution in [0.15, 0.2) is 33.8 Å². The average Bonchev–Trinajstić information content (AvgIpc) is 2.26. The van der Waals surface area contributed by atoms with Crippen molar-refractivity contribution in [1.29, 1.82) is 0 Å². The molecule has 5 heteroatoms. The topological polar surface area (TPSA) is 36.4 Å². The number of nitrogens with zero attached hydrogens (tertiary/aromatic N) is 1. The van der Waals surface area contributed by atoms with Crippen LogP contribution in [0.1, 0.15) is 26.3 Å². The van der Waals surface area contributed by atoms with Gasteiger partial charge >= 0.3 is 0 Å². The van der Waals surface area contributed by atoms with Gasteiger partial charge in [0.1, 0.15) is 0 Å². The van der Waals surface area contributed by atoms with Crippen molar-refractivity contribution in [3.63, 3.8) is 0 Å². The molecule has 0 aliphatic rings. The summed E-state index contributed by atoms with van der Waals surface area (Å²) in [4.78, 5) is 0. The smallest absolute Gasteiger partial charge is 0.187 e. The second-order valence-corrected chi connectivity index (χ2v) is 5.27. The third-order valence-electron chi connectivity index (χ3n) is 2.01. The van der Waals surface area contributed by atoms with Crippen molar-refractivity contribution < 1.29 is 0 Å². The number of hydrazone groups is 1. The molecule has 0 bridgehead atoms. The molecule has 3 nitrogen and oxygen atoms in total. The van der Waals surface area contributed by atoms with Gasteiger partial charge in [0.15, 0.2) is 5.11 Å². The van der Waals surface area contributed by atoms with Crippen molar-refractivity contribution in [3.05, 3.63) is 34.3 Å². The summed E-state index contributed by atoms with van der Waals surface area (Å²) in [6, 6.07) is 8.28. The van der Waals surface area contributed by atoms with Crippen LogP contribution in [0.4, 0.5) is 0 Å². The first-order chi connectivity index (χ1) is 7.99. The van der Waals surface area contributed by atoms with Gasteiger partial charge in [0, 0.05) is 10.5 Å². The lowest BCUT2D eigenvalue weighted by molar-refractivity contribution is 0.719. The summed E-state index contributed by atoms with van der Waals surface area (Å²) < 4.78 is 1.05. The first kappa shape index (κ1) is 14.1. The van der Waals surface area contributed by atoms with E-state index in [1.54, 1.807) is 0 Å². The van der Waals surface area contributed by atoms with Crippen LogP contribution in [0, 0.1) is 0 Å². The molecule has 0 heterocycles. The zero-order chi connectivity index (χ0) is 12.8. The zero-order valence-electron chi connectivity index (χ0n) is 10.1. The quantitative estimate of drug-likeness (QED) is 0.511. The molecule has 1 rings (SSSR count). The predicted octanol–water partition coefficient (Wildman–Crippen LogP) is 3.05.